The third-order valence-electron chi connectivity index (χ3n) is 6.27. The summed E-state index contributed by atoms with van der Waals surface area (Å²) in [5.74, 6) is -1.56. The highest BCUT2D eigenvalue weighted by Crippen LogP contribution is 2.38. The summed E-state index contributed by atoms with van der Waals surface area (Å²) < 4.78 is 73.1. The lowest BCUT2D eigenvalue weighted by Crippen LogP contribution is -2.35. The highest BCUT2D eigenvalue weighted by molar-refractivity contribution is 7.89. The number of carbonyl (C=O) groups excluding carboxylic acids is 1. The molecule has 0 radical (unpaired) electrons. The van der Waals surface area contributed by atoms with Crippen molar-refractivity contribution in [2.45, 2.75) is 23.5 Å². The standard InChI is InChI=1S/C26H25F3N2O4S/c1-35-21-10-12-22(13-11-21)36(33,34)31-16-23(19-8-5-9-20(14-19)26(27,28)29)24(17-31)25(32)30-15-18-6-3-2-4-7-18/h2-14,23-24H,15-17H2,1H3,(H,30,32). The minimum atomic E-state index is -4.56. The number of amides is 1. The molecule has 10 heteroatoms. The van der Waals surface area contributed by atoms with Crippen LogP contribution in [0, 0.1) is 5.92 Å². The number of methoxy groups -OCH3 is 1. The molecule has 1 aliphatic rings. The van der Waals surface area contributed by atoms with Gasteiger partial charge in [0.25, 0.3) is 0 Å². The van der Waals surface area contributed by atoms with Crippen LogP contribution in [0.3, 0.4) is 0 Å². The Morgan fingerprint density at radius 1 is 1.00 bits per heavy atom. The Hall–Kier alpha value is -3.37. The SMILES string of the molecule is COc1ccc(S(=O)(=O)N2CC(C(=O)NCc3ccccc3)C(c3cccc(C(F)(F)F)c3)C2)cc1. The van der Waals surface area contributed by atoms with Crippen LogP contribution in [0.4, 0.5) is 13.2 Å². The molecule has 1 N–H and O–H groups in total. The third kappa shape index (κ3) is 5.55. The molecule has 0 spiro atoms. The highest BCUT2D eigenvalue weighted by atomic mass is 32.2. The largest absolute Gasteiger partial charge is 0.497 e. The van der Waals surface area contributed by atoms with Crippen molar-refractivity contribution in [3.8, 4) is 5.75 Å². The van der Waals surface area contributed by atoms with E-state index in [9.17, 15) is 26.4 Å². The van der Waals surface area contributed by atoms with Gasteiger partial charge < -0.3 is 10.1 Å². The normalized spacial score (nSPS) is 18.7. The summed E-state index contributed by atoms with van der Waals surface area (Å²) in [7, 11) is -2.54. The molecular formula is C26H25F3N2O4S. The van der Waals surface area contributed by atoms with Gasteiger partial charge in [0.05, 0.1) is 23.5 Å². The number of carbonyl (C=O) groups is 1. The van der Waals surface area contributed by atoms with E-state index in [-0.39, 0.29) is 30.1 Å². The van der Waals surface area contributed by atoms with E-state index in [0.717, 1.165) is 22.0 Å². The zero-order valence-electron chi connectivity index (χ0n) is 19.4. The third-order valence-corrected chi connectivity index (χ3v) is 8.12. The summed E-state index contributed by atoms with van der Waals surface area (Å²) in [4.78, 5) is 13.2. The lowest BCUT2D eigenvalue weighted by atomic mass is 9.87. The molecule has 3 aromatic carbocycles. The highest BCUT2D eigenvalue weighted by Gasteiger charge is 2.44. The van der Waals surface area contributed by atoms with Gasteiger partial charge >= 0.3 is 6.18 Å². The molecule has 6 nitrogen and oxygen atoms in total. The van der Waals surface area contributed by atoms with Crippen LogP contribution in [0.15, 0.2) is 83.8 Å². The number of rotatable bonds is 7. The zero-order valence-corrected chi connectivity index (χ0v) is 20.2. The first-order chi connectivity index (χ1) is 17.1. The molecule has 0 aromatic heterocycles. The Morgan fingerprint density at radius 2 is 1.69 bits per heavy atom. The van der Waals surface area contributed by atoms with E-state index in [1.165, 1.54) is 43.5 Å². The zero-order chi connectivity index (χ0) is 25.9. The Labute approximate surface area is 207 Å². The molecule has 190 valence electrons. The summed E-state index contributed by atoms with van der Waals surface area (Å²) >= 11 is 0. The van der Waals surface area contributed by atoms with E-state index in [2.05, 4.69) is 5.32 Å². The van der Waals surface area contributed by atoms with Crippen LogP contribution >= 0.6 is 0 Å². The monoisotopic (exact) mass is 518 g/mol. The van der Waals surface area contributed by atoms with Gasteiger partial charge in [-0.25, -0.2) is 8.42 Å². The van der Waals surface area contributed by atoms with Crippen LogP contribution < -0.4 is 10.1 Å². The molecule has 1 amide bonds. The first kappa shape index (κ1) is 25.7. The van der Waals surface area contributed by atoms with Crippen LogP contribution in [0.5, 0.6) is 5.75 Å². The number of sulfonamides is 1. The first-order valence-electron chi connectivity index (χ1n) is 11.2. The maximum atomic E-state index is 13.4. The van der Waals surface area contributed by atoms with Gasteiger partial charge in [0, 0.05) is 25.6 Å². The van der Waals surface area contributed by atoms with Crippen LogP contribution in [-0.2, 0) is 27.5 Å². The molecule has 0 bridgehead atoms. The first-order valence-corrected chi connectivity index (χ1v) is 12.7. The molecule has 1 saturated heterocycles. The van der Waals surface area contributed by atoms with Gasteiger partial charge in [-0.2, -0.15) is 17.5 Å². The maximum Gasteiger partial charge on any atom is 0.416 e. The minimum absolute atomic E-state index is 0.0106. The van der Waals surface area contributed by atoms with Crippen molar-refractivity contribution in [3.63, 3.8) is 0 Å². The minimum Gasteiger partial charge on any atom is -0.497 e. The molecule has 36 heavy (non-hydrogen) atoms. The Balaban J connectivity index is 1.64. The average molecular weight is 519 g/mol. The summed E-state index contributed by atoms with van der Waals surface area (Å²) in [5, 5.41) is 2.81. The number of alkyl halides is 3. The molecule has 0 saturated carbocycles. The van der Waals surface area contributed by atoms with Gasteiger partial charge in [-0.3, -0.25) is 4.79 Å². The molecule has 4 rings (SSSR count). The predicted molar refractivity (Wildman–Crippen MR) is 128 cm³/mol. The summed E-state index contributed by atoms with van der Waals surface area (Å²) in [6.07, 6.45) is -4.56. The van der Waals surface area contributed by atoms with Gasteiger partial charge in [0.2, 0.25) is 15.9 Å². The fourth-order valence-electron chi connectivity index (χ4n) is 4.33. The molecule has 1 fully saturated rings. The quantitative estimate of drug-likeness (QED) is 0.502. The van der Waals surface area contributed by atoms with Gasteiger partial charge in [-0.05, 0) is 41.5 Å². The van der Waals surface area contributed by atoms with Crippen LogP contribution in [0.2, 0.25) is 0 Å². The van der Waals surface area contributed by atoms with Crippen molar-refractivity contribution in [1.82, 2.24) is 9.62 Å². The summed E-state index contributed by atoms with van der Waals surface area (Å²) in [6.45, 7) is -0.0638. The fourth-order valence-corrected chi connectivity index (χ4v) is 5.82. The van der Waals surface area contributed by atoms with E-state index in [1.807, 2.05) is 30.3 Å². The van der Waals surface area contributed by atoms with Gasteiger partial charge in [-0.1, -0.05) is 48.5 Å². The van der Waals surface area contributed by atoms with Crippen molar-refractivity contribution in [3.05, 3.63) is 95.6 Å². The Bertz CT molecular complexity index is 1310. The molecule has 2 atom stereocenters. The van der Waals surface area contributed by atoms with E-state index < -0.39 is 39.5 Å². The van der Waals surface area contributed by atoms with Crippen molar-refractivity contribution >= 4 is 15.9 Å². The smallest absolute Gasteiger partial charge is 0.416 e. The summed E-state index contributed by atoms with van der Waals surface area (Å²) in [6, 6.07) is 19.7. The average Bonchev–Trinajstić information content (AvgIpc) is 3.34. The maximum absolute atomic E-state index is 13.4. The fraction of sp³-hybridized carbons (Fsp3) is 0.269. The van der Waals surface area contributed by atoms with Crippen molar-refractivity contribution < 1.29 is 31.1 Å². The van der Waals surface area contributed by atoms with E-state index in [1.54, 1.807) is 0 Å². The molecule has 1 heterocycles. The second-order valence-corrected chi connectivity index (χ2v) is 10.5. The van der Waals surface area contributed by atoms with Gasteiger partial charge in [0.15, 0.2) is 0 Å². The number of halogens is 3. The number of nitrogens with zero attached hydrogens (tertiary/aromatic N) is 1. The van der Waals surface area contributed by atoms with Gasteiger partial charge in [0.1, 0.15) is 5.75 Å². The number of hydrogen-bond donors (Lipinski definition) is 1. The number of hydrogen-bond acceptors (Lipinski definition) is 4. The predicted octanol–water partition coefficient (Wildman–Crippen LogP) is 4.43. The van der Waals surface area contributed by atoms with Crippen molar-refractivity contribution in [2.24, 2.45) is 5.92 Å². The Morgan fingerprint density at radius 3 is 2.33 bits per heavy atom. The topological polar surface area (TPSA) is 75.7 Å². The second-order valence-electron chi connectivity index (χ2n) is 8.54. The van der Waals surface area contributed by atoms with E-state index in [4.69, 9.17) is 4.74 Å². The molecular weight excluding hydrogens is 493 g/mol. The van der Waals surface area contributed by atoms with Gasteiger partial charge in [-0.15, -0.1) is 0 Å². The molecule has 0 aliphatic carbocycles. The van der Waals surface area contributed by atoms with Crippen molar-refractivity contribution in [2.75, 3.05) is 20.2 Å². The number of nitrogens with one attached hydrogen (secondary N) is 1. The summed E-state index contributed by atoms with van der Waals surface area (Å²) in [5.41, 5.74) is 0.263. The lowest BCUT2D eigenvalue weighted by Gasteiger charge is -2.19. The number of ether oxygens (including phenoxy) is 1. The lowest BCUT2D eigenvalue weighted by molar-refractivity contribution is -0.137. The number of benzene rings is 3. The van der Waals surface area contributed by atoms with E-state index >= 15 is 0 Å². The van der Waals surface area contributed by atoms with Crippen LogP contribution in [0.25, 0.3) is 0 Å². The van der Waals surface area contributed by atoms with Crippen molar-refractivity contribution in [1.29, 1.82) is 0 Å². The molecule has 3 aromatic rings. The molecule has 2 unspecified atom stereocenters. The van der Waals surface area contributed by atoms with Crippen LogP contribution in [0.1, 0.15) is 22.6 Å². The van der Waals surface area contributed by atoms with Crippen LogP contribution in [-0.4, -0.2) is 38.8 Å². The van der Waals surface area contributed by atoms with E-state index in [0.29, 0.717) is 5.75 Å². The Kier molecular flexibility index (Phi) is 7.37. The molecule has 1 aliphatic heterocycles. The second kappa shape index (κ2) is 10.3.